The number of hydrogen-bond donors (Lipinski definition) is 1. The molecular weight excluding hydrogens is 237 g/mol. The summed E-state index contributed by atoms with van der Waals surface area (Å²) in [4.78, 5) is 4.17. The van der Waals surface area contributed by atoms with Crippen LogP contribution < -0.4 is 5.73 Å². The van der Waals surface area contributed by atoms with Crippen molar-refractivity contribution in [3.05, 3.63) is 36.0 Å². The topological polar surface area (TPSA) is 74.2 Å². The van der Waals surface area contributed by atoms with E-state index in [2.05, 4.69) is 10.1 Å². The number of halogens is 1. The minimum atomic E-state index is -0.753. The summed E-state index contributed by atoms with van der Waals surface area (Å²) in [6.07, 6.45) is 0.617. The van der Waals surface area contributed by atoms with Crippen LogP contribution in [0, 0.1) is 5.82 Å². The Bertz CT molecular complexity index is 564. The first kappa shape index (κ1) is 11.3. The van der Waals surface area contributed by atoms with E-state index < -0.39 is 11.4 Å². The molecule has 6 heteroatoms. The van der Waals surface area contributed by atoms with Gasteiger partial charge in [0, 0.05) is 6.61 Å². The lowest BCUT2D eigenvalue weighted by atomic mass is 10.0. The fraction of sp³-hybridized carbons (Fsp3) is 0.333. The van der Waals surface area contributed by atoms with E-state index in [9.17, 15) is 4.39 Å². The number of benzene rings is 1. The Morgan fingerprint density at radius 3 is 2.89 bits per heavy atom. The van der Waals surface area contributed by atoms with Crippen LogP contribution >= 0.6 is 0 Å². The average Bonchev–Trinajstić information content (AvgIpc) is 2.99. The van der Waals surface area contributed by atoms with Gasteiger partial charge in [-0.1, -0.05) is 17.3 Å². The lowest BCUT2D eigenvalue weighted by Gasteiger charge is -2.14. The average molecular weight is 249 g/mol. The zero-order chi connectivity index (χ0) is 12.6. The summed E-state index contributed by atoms with van der Waals surface area (Å²) in [5.41, 5.74) is 5.64. The fourth-order valence-electron chi connectivity index (χ4n) is 1.93. The van der Waals surface area contributed by atoms with Gasteiger partial charge in [-0.25, -0.2) is 4.39 Å². The quantitative estimate of drug-likeness (QED) is 0.871. The molecule has 2 aromatic rings. The number of nitrogens with two attached hydrogens (primary N) is 1. The molecule has 0 spiro atoms. The number of rotatable bonds is 2. The van der Waals surface area contributed by atoms with Gasteiger partial charge in [-0.2, -0.15) is 4.98 Å². The van der Waals surface area contributed by atoms with Gasteiger partial charge < -0.3 is 15.0 Å². The normalized spacial score (nSPS) is 23.4. The summed E-state index contributed by atoms with van der Waals surface area (Å²) in [5, 5.41) is 3.78. The zero-order valence-corrected chi connectivity index (χ0v) is 9.60. The van der Waals surface area contributed by atoms with Crippen molar-refractivity contribution in [1.29, 1.82) is 0 Å². The third-order valence-corrected chi connectivity index (χ3v) is 3.02. The van der Waals surface area contributed by atoms with Crippen molar-refractivity contribution in [2.75, 3.05) is 13.2 Å². The molecule has 0 saturated carbocycles. The van der Waals surface area contributed by atoms with Crippen LogP contribution in [-0.4, -0.2) is 23.4 Å². The molecule has 1 saturated heterocycles. The summed E-state index contributed by atoms with van der Waals surface area (Å²) in [6, 6.07) is 6.26. The van der Waals surface area contributed by atoms with E-state index in [1.807, 2.05) is 0 Å². The Morgan fingerprint density at radius 1 is 1.33 bits per heavy atom. The third kappa shape index (κ3) is 1.79. The lowest BCUT2D eigenvalue weighted by molar-refractivity contribution is 0.166. The molecule has 0 aliphatic carbocycles. The van der Waals surface area contributed by atoms with E-state index in [0.717, 1.165) is 0 Å². The highest BCUT2D eigenvalue weighted by Gasteiger charge is 2.38. The van der Waals surface area contributed by atoms with Crippen molar-refractivity contribution in [2.24, 2.45) is 5.73 Å². The van der Waals surface area contributed by atoms with Crippen molar-refractivity contribution in [2.45, 2.75) is 12.0 Å². The van der Waals surface area contributed by atoms with Crippen LogP contribution in [0.25, 0.3) is 11.4 Å². The van der Waals surface area contributed by atoms with Gasteiger partial charge in [-0.05, 0) is 18.6 Å². The van der Waals surface area contributed by atoms with Crippen molar-refractivity contribution in [3.8, 4) is 11.4 Å². The Morgan fingerprint density at radius 2 is 2.17 bits per heavy atom. The van der Waals surface area contributed by atoms with Gasteiger partial charge in [0.15, 0.2) is 0 Å². The Labute approximate surface area is 103 Å². The van der Waals surface area contributed by atoms with Crippen molar-refractivity contribution in [3.63, 3.8) is 0 Å². The molecular formula is C12H12FN3O2. The molecule has 3 rings (SSSR count). The highest BCUT2D eigenvalue weighted by Crippen LogP contribution is 2.28. The highest BCUT2D eigenvalue weighted by molar-refractivity contribution is 5.54. The molecule has 2 N–H and O–H groups in total. The molecule has 1 aromatic carbocycles. The predicted molar refractivity (Wildman–Crippen MR) is 61.0 cm³/mol. The van der Waals surface area contributed by atoms with Crippen LogP contribution in [0.15, 0.2) is 28.8 Å². The maximum Gasteiger partial charge on any atom is 0.249 e. The number of nitrogens with zero attached hydrogens (tertiary/aromatic N) is 2. The van der Waals surface area contributed by atoms with Crippen molar-refractivity contribution in [1.82, 2.24) is 10.1 Å². The van der Waals surface area contributed by atoms with Crippen LogP contribution in [-0.2, 0) is 10.3 Å². The van der Waals surface area contributed by atoms with Crippen LogP contribution in [0.5, 0.6) is 0 Å². The van der Waals surface area contributed by atoms with Gasteiger partial charge in [-0.15, -0.1) is 0 Å². The fourth-order valence-corrected chi connectivity index (χ4v) is 1.93. The number of ether oxygens (including phenoxy) is 1. The Hall–Kier alpha value is -1.79. The second-order valence-corrected chi connectivity index (χ2v) is 4.36. The number of hydrogen-bond acceptors (Lipinski definition) is 5. The molecule has 1 fully saturated rings. The summed E-state index contributed by atoms with van der Waals surface area (Å²) < 4.78 is 23.9. The standard InChI is InChI=1S/C12H12FN3O2/c13-9-4-2-1-3-8(9)10-15-11(18-16-10)12(14)5-6-17-7-12/h1-4H,5-7,14H2. The molecule has 1 unspecified atom stereocenters. The summed E-state index contributed by atoms with van der Waals surface area (Å²) >= 11 is 0. The monoisotopic (exact) mass is 249 g/mol. The molecule has 2 heterocycles. The summed E-state index contributed by atoms with van der Waals surface area (Å²) in [7, 11) is 0. The SMILES string of the molecule is NC1(c2nc(-c3ccccc3F)no2)CCOC1. The molecule has 5 nitrogen and oxygen atoms in total. The summed E-state index contributed by atoms with van der Waals surface area (Å²) in [5.74, 6) is 0.108. The summed E-state index contributed by atoms with van der Waals surface area (Å²) in [6.45, 7) is 0.903. The molecule has 1 aliphatic heterocycles. The van der Waals surface area contributed by atoms with E-state index in [-0.39, 0.29) is 5.82 Å². The van der Waals surface area contributed by atoms with E-state index in [1.54, 1.807) is 18.2 Å². The minimum absolute atomic E-state index is 0.208. The van der Waals surface area contributed by atoms with Crippen LogP contribution in [0.3, 0.4) is 0 Å². The van der Waals surface area contributed by atoms with E-state index >= 15 is 0 Å². The Balaban J connectivity index is 1.97. The number of aromatic nitrogens is 2. The van der Waals surface area contributed by atoms with Crippen LogP contribution in [0.4, 0.5) is 4.39 Å². The third-order valence-electron chi connectivity index (χ3n) is 3.02. The van der Waals surface area contributed by atoms with Crippen LogP contribution in [0.1, 0.15) is 12.3 Å². The Kier molecular flexibility index (Phi) is 2.61. The van der Waals surface area contributed by atoms with Gasteiger partial charge in [0.2, 0.25) is 11.7 Å². The first-order valence-corrected chi connectivity index (χ1v) is 5.65. The first-order valence-electron chi connectivity index (χ1n) is 5.65. The van der Waals surface area contributed by atoms with Gasteiger partial charge in [0.25, 0.3) is 0 Å². The maximum atomic E-state index is 13.6. The van der Waals surface area contributed by atoms with E-state index in [1.165, 1.54) is 6.07 Å². The largest absolute Gasteiger partial charge is 0.379 e. The molecule has 0 radical (unpaired) electrons. The lowest BCUT2D eigenvalue weighted by Crippen LogP contribution is -2.37. The molecule has 1 aliphatic rings. The minimum Gasteiger partial charge on any atom is -0.379 e. The van der Waals surface area contributed by atoms with Gasteiger partial charge in [-0.3, -0.25) is 0 Å². The molecule has 1 aromatic heterocycles. The van der Waals surface area contributed by atoms with Crippen molar-refractivity contribution < 1.29 is 13.7 Å². The predicted octanol–water partition coefficient (Wildman–Crippen LogP) is 1.45. The van der Waals surface area contributed by atoms with E-state index in [0.29, 0.717) is 31.1 Å². The molecule has 94 valence electrons. The molecule has 18 heavy (non-hydrogen) atoms. The molecule has 0 bridgehead atoms. The first-order chi connectivity index (χ1) is 8.69. The molecule has 0 amide bonds. The van der Waals surface area contributed by atoms with Gasteiger partial charge in [0.05, 0.1) is 12.2 Å². The van der Waals surface area contributed by atoms with Crippen molar-refractivity contribution >= 4 is 0 Å². The van der Waals surface area contributed by atoms with Gasteiger partial charge >= 0.3 is 0 Å². The second kappa shape index (κ2) is 4.15. The second-order valence-electron chi connectivity index (χ2n) is 4.36. The van der Waals surface area contributed by atoms with E-state index in [4.69, 9.17) is 15.0 Å². The zero-order valence-electron chi connectivity index (χ0n) is 9.60. The smallest absolute Gasteiger partial charge is 0.249 e. The maximum absolute atomic E-state index is 13.6. The molecule has 1 atom stereocenters. The van der Waals surface area contributed by atoms with Gasteiger partial charge in [0.1, 0.15) is 11.4 Å². The van der Waals surface area contributed by atoms with Crippen LogP contribution in [0.2, 0.25) is 0 Å². The highest BCUT2D eigenvalue weighted by atomic mass is 19.1.